The van der Waals surface area contributed by atoms with Crippen LogP contribution in [0.25, 0.3) is 11.1 Å². The average Bonchev–Trinajstić information content (AvgIpc) is 3.13. The molecule has 0 unspecified atom stereocenters. The number of benzene rings is 4. The number of hydrogen-bond donors (Lipinski definition) is 0. The molecule has 0 fully saturated rings. The van der Waals surface area contributed by atoms with Gasteiger partial charge in [-0.15, -0.1) is 0 Å². The van der Waals surface area contributed by atoms with Crippen LogP contribution in [0.3, 0.4) is 0 Å². The smallest absolute Gasteiger partial charge is 0.0754 e. The van der Waals surface area contributed by atoms with E-state index in [4.69, 9.17) is 0 Å². The lowest BCUT2D eigenvalue weighted by Crippen LogP contribution is -2.38. The van der Waals surface area contributed by atoms with Crippen LogP contribution in [0.15, 0.2) is 84.9 Å². The molecular weight excluding hydrogens is 466 g/mol. The van der Waals surface area contributed by atoms with Gasteiger partial charge in [-0.05, 0) is 72.2 Å². The second-order valence-corrected chi connectivity index (χ2v) is 10.2. The predicted octanol–water partition coefficient (Wildman–Crippen LogP) is 8.29. The fourth-order valence-electron chi connectivity index (χ4n) is 6.07. The maximum atomic E-state index is 3.62. The maximum absolute atomic E-state index is 3.62. The van der Waals surface area contributed by atoms with Gasteiger partial charge in [-0.2, -0.15) is 0 Å². The molecule has 164 valence electrons. The minimum atomic E-state index is -0.290. The van der Waals surface area contributed by atoms with E-state index in [-0.39, 0.29) is 5.41 Å². The summed E-state index contributed by atoms with van der Waals surface area (Å²) >= 11 is 3.62. The van der Waals surface area contributed by atoms with E-state index in [0.717, 1.165) is 18.3 Å². The van der Waals surface area contributed by atoms with Crippen LogP contribution in [0.4, 0.5) is 11.4 Å². The summed E-state index contributed by atoms with van der Waals surface area (Å²) in [5.74, 6) is 0. The Bertz CT molecular complexity index is 1270. The predicted molar refractivity (Wildman–Crippen MR) is 143 cm³/mol. The lowest BCUT2D eigenvalue weighted by atomic mass is 9.64. The minimum Gasteiger partial charge on any atom is -0.341 e. The van der Waals surface area contributed by atoms with Gasteiger partial charge in [-0.1, -0.05) is 99.9 Å². The van der Waals surface area contributed by atoms with Crippen molar-refractivity contribution >= 4 is 27.3 Å². The molecule has 1 spiro atoms. The molecule has 0 saturated heterocycles. The van der Waals surface area contributed by atoms with E-state index in [1.807, 2.05) is 0 Å². The standard InChI is InChI=1S/C31H28BrN/c1-21-13-15-29-27(19-21)31(25-11-5-3-9-23(25)24-10-4-6-12-26(24)31)28-20-22(2)14-16-30(28)33(29)18-8-7-17-32/h3-6,9-16,19-20H,7-8,17-18H2,1-2H3. The molecule has 0 amide bonds. The molecule has 0 bridgehead atoms. The van der Waals surface area contributed by atoms with E-state index >= 15 is 0 Å². The van der Waals surface area contributed by atoms with Gasteiger partial charge < -0.3 is 4.90 Å². The van der Waals surface area contributed by atoms with Crippen LogP contribution in [0, 0.1) is 13.8 Å². The Balaban J connectivity index is 1.74. The second-order valence-electron chi connectivity index (χ2n) is 9.43. The molecule has 1 nitrogen and oxygen atoms in total. The molecule has 1 aliphatic heterocycles. The molecule has 4 aromatic carbocycles. The molecule has 6 rings (SSSR count). The third-order valence-corrected chi connectivity index (χ3v) is 7.97. The van der Waals surface area contributed by atoms with Crippen molar-refractivity contribution in [3.05, 3.63) is 118 Å². The topological polar surface area (TPSA) is 3.24 Å². The van der Waals surface area contributed by atoms with Gasteiger partial charge in [-0.25, -0.2) is 0 Å². The van der Waals surface area contributed by atoms with Crippen molar-refractivity contribution in [2.24, 2.45) is 0 Å². The molecule has 0 radical (unpaired) electrons. The lowest BCUT2D eigenvalue weighted by Gasteiger charge is -2.45. The molecule has 0 atom stereocenters. The zero-order valence-electron chi connectivity index (χ0n) is 19.2. The SMILES string of the molecule is Cc1ccc2c(c1)C1(c3ccccc3-c3ccccc31)c1cc(C)ccc1N2CCCCBr. The highest BCUT2D eigenvalue weighted by atomic mass is 79.9. The number of aryl methyl sites for hydroxylation is 2. The molecule has 1 heterocycles. The van der Waals surface area contributed by atoms with Gasteiger partial charge in [0.1, 0.15) is 0 Å². The van der Waals surface area contributed by atoms with Crippen molar-refractivity contribution < 1.29 is 0 Å². The first-order valence-electron chi connectivity index (χ1n) is 11.9. The Morgan fingerprint density at radius 3 is 1.67 bits per heavy atom. The Labute approximate surface area is 205 Å². The highest BCUT2D eigenvalue weighted by Gasteiger charge is 2.51. The zero-order valence-corrected chi connectivity index (χ0v) is 20.8. The summed E-state index contributed by atoms with van der Waals surface area (Å²) in [6.45, 7) is 5.47. The highest BCUT2D eigenvalue weighted by molar-refractivity contribution is 9.09. The summed E-state index contributed by atoms with van der Waals surface area (Å²) in [5.41, 5.74) is 13.4. The first kappa shape index (κ1) is 20.7. The van der Waals surface area contributed by atoms with E-state index in [2.05, 4.69) is 120 Å². The van der Waals surface area contributed by atoms with Crippen molar-refractivity contribution in [1.82, 2.24) is 0 Å². The van der Waals surface area contributed by atoms with E-state index in [0.29, 0.717) is 0 Å². The van der Waals surface area contributed by atoms with Crippen molar-refractivity contribution in [2.45, 2.75) is 32.1 Å². The molecule has 2 aliphatic rings. The van der Waals surface area contributed by atoms with E-state index in [1.54, 1.807) is 0 Å². The molecule has 0 aromatic heterocycles. The number of anilines is 2. The maximum Gasteiger partial charge on any atom is 0.0754 e. The van der Waals surface area contributed by atoms with Crippen molar-refractivity contribution in [3.8, 4) is 11.1 Å². The van der Waals surface area contributed by atoms with E-state index in [9.17, 15) is 0 Å². The van der Waals surface area contributed by atoms with Crippen molar-refractivity contribution in [1.29, 1.82) is 0 Å². The Morgan fingerprint density at radius 2 is 1.15 bits per heavy atom. The average molecular weight is 494 g/mol. The zero-order chi connectivity index (χ0) is 22.6. The van der Waals surface area contributed by atoms with Gasteiger partial charge in [0.2, 0.25) is 0 Å². The van der Waals surface area contributed by atoms with Crippen LogP contribution in [0.5, 0.6) is 0 Å². The fraction of sp³-hybridized carbons (Fsp3) is 0.226. The number of nitrogens with zero attached hydrogens (tertiary/aromatic N) is 1. The van der Waals surface area contributed by atoms with Gasteiger partial charge in [0.25, 0.3) is 0 Å². The molecule has 0 N–H and O–H groups in total. The van der Waals surface area contributed by atoms with Crippen LogP contribution < -0.4 is 4.90 Å². The number of rotatable bonds is 4. The summed E-state index contributed by atoms with van der Waals surface area (Å²) in [4.78, 5) is 2.57. The van der Waals surface area contributed by atoms with Gasteiger partial charge in [0.15, 0.2) is 0 Å². The summed E-state index contributed by atoms with van der Waals surface area (Å²) in [5, 5.41) is 1.05. The van der Waals surface area contributed by atoms with Crippen molar-refractivity contribution in [2.75, 3.05) is 16.8 Å². The van der Waals surface area contributed by atoms with Crippen LogP contribution >= 0.6 is 15.9 Å². The number of alkyl halides is 1. The number of halogens is 1. The van der Waals surface area contributed by atoms with E-state index in [1.165, 1.54) is 62.3 Å². The third kappa shape index (κ3) is 2.90. The summed E-state index contributed by atoms with van der Waals surface area (Å²) < 4.78 is 0. The Kier molecular flexibility index (Phi) is 4.96. The van der Waals surface area contributed by atoms with Gasteiger partial charge >= 0.3 is 0 Å². The van der Waals surface area contributed by atoms with Gasteiger partial charge in [0.05, 0.1) is 5.41 Å². The molecule has 1 aliphatic carbocycles. The largest absolute Gasteiger partial charge is 0.341 e. The monoisotopic (exact) mass is 493 g/mol. The van der Waals surface area contributed by atoms with Crippen molar-refractivity contribution in [3.63, 3.8) is 0 Å². The highest BCUT2D eigenvalue weighted by Crippen LogP contribution is 2.62. The molecule has 0 saturated carbocycles. The summed E-state index contributed by atoms with van der Waals surface area (Å²) in [6, 6.07) is 32.2. The number of fused-ring (bicyclic) bond motifs is 9. The fourth-order valence-corrected chi connectivity index (χ4v) is 6.46. The van der Waals surface area contributed by atoms with Gasteiger partial charge in [-0.3, -0.25) is 0 Å². The normalized spacial score (nSPS) is 14.6. The summed E-state index contributed by atoms with van der Waals surface area (Å²) in [7, 11) is 0. The second kappa shape index (κ2) is 7.88. The first-order chi connectivity index (χ1) is 16.2. The lowest BCUT2D eigenvalue weighted by molar-refractivity contribution is 0.715. The quantitative estimate of drug-likeness (QED) is 0.179. The van der Waals surface area contributed by atoms with Crippen LogP contribution in [-0.4, -0.2) is 11.9 Å². The molecule has 33 heavy (non-hydrogen) atoms. The molecule has 4 aromatic rings. The summed E-state index contributed by atoms with van der Waals surface area (Å²) in [6.07, 6.45) is 2.34. The Hall–Kier alpha value is -2.84. The minimum absolute atomic E-state index is 0.290. The number of unbranched alkanes of at least 4 members (excludes halogenated alkanes) is 1. The molecule has 2 heteroatoms. The van der Waals surface area contributed by atoms with E-state index < -0.39 is 0 Å². The van der Waals surface area contributed by atoms with Crippen LogP contribution in [0.2, 0.25) is 0 Å². The van der Waals surface area contributed by atoms with Crippen LogP contribution in [0.1, 0.15) is 46.2 Å². The molecular formula is C31H28BrN. The third-order valence-electron chi connectivity index (χ3n) is 7.41. The number of hydrogen-bond acceptors (Lipinski definition) is 1. The first-order valence-corrected chi connectivity index (χ1v) is 13.0. The Morgan fingerprint density at radius 1 is 0.636 bits per heavy atom. The van der Waals surface area contributed by atoms with Gasteiger partial charge in [0, 0.05) is 23.2 Å². The van der Waals surface area contributed by atoms with Crippen LogP contribution in [-0.2, 0) is 5.41 Å².